The molecule has 0 fully saturated rings. The van der Waals surface area contributed by atoms with Gasteiger partial charge < -0.3 is 9.84 Å². The molecule has 0 bridgehead atoms. The monoisotopic (exact) mass is 300 g/mol. The van der Waals surface area contributed by atoms with Gasteiger partial charge in [0, 0.05) is 11.1 Å². The van der Waals surface area contributed by atoms with E-state index in [0.29, 0.717) is 16.3 Å². The Morgan fingerprint density at radius 2 is 2.19 bits per heavy atom. The number of aryl methyl sites for hydroxylation is 1. The molecule has 0 aliphatic carbocycles. The summed E-state index contributed by atoms with van der Waals surface area (Å²) in [6.45, 7) is 1.50. The summed E-state index contributed by atoms with van der Waals surface area (Å²) in [5, 5.41) is 20.3. The van der Waals surface area contributed by atoms with Gasteiger partial charge in [0.25, 0.3) is 0 Å². The van der Waals surface area contributed by atoms with Crippen LogP contribution in [0.3, 0.4) is 0 Å². The van der Waals surface area contributed by atoms with E-state index in [0.717, 1.165) is 11.3 Å². The molecule has 1 heterocycles. The van der Waals surface area contributed by atoms with Crippen LogP contribution in [-0.4, -0.2) is 22.7 Å². The molecule has 1 aromatic carbocycles. The van der Waals surface area contributed by atoms with Crippen molar-refractivity contribution in [1.82, 2.24) is 4.98 Å². The van der Waals surface area contributed by atoms with Gasteiger partial charge in [-0.2, -0.15) is 5.26 Å². The molecule has 1 aromatic heterocycles. The minimum absolute atomic E-state index is 0.378. The van der Waals surface area contributed by atoms with E-state index in [1.807, 2.05) is 12.3 Å². The molecule has 6 heteroatoms. The summed E-state index contributed by atoms with van der Waals surface area (Å²) in [5.74, 6) is -0.553. The van der Waals surface area contributed by atoms with Crippen molar-refractivity contribution in [2.75, 3.05) is 6.61 Å². The zero-order valence-corrected chi connectivity index (χ0v) is 12.1. The highest BCUT2D eigenvalue weighted by Crippen LogP contribution is 2.22. The lowest BCUT2D eigenvalue weighted by Gasteiger charge is -2.03. The maximum Gasteiger partial charge on any atom is 0.341 e. The molecule has 106 valence electrons. The normalized spacial score (nSPS) is 11.0. The van der Waals surface area contributed by atoms with Crippen LogP contribution in [0.25, 0.3) is 11.6 Å². The zero-order chi connectivity index (χ0) is 15.2. The number of nitriles is 1. The molecule has 0 saturated carbocycles. The number of hydrogen-bond donors (Lipinski definition) is 1. The molecule has 1 N–H and O–H groups in total. The van der Waals surface area contributed by atoms with E-state index in [1.54, 1.807) is 30.3 Å². The molecule has 0 radical (unpaired) electrons. The summed E-state index contributed by atoms with van der Waals surface area (Å²) >= 11 is 1.42. The van der Waals surface area contributed by atoms with Crippen molar-refractivity contribution < 1.29 is 14.6 Å². The molecular formula is C15H12N2O3S. The van der Waals surface area contributed by atoms with Gasteiger partial charge in [0.05, 0.1) is 5.57 Å². The van der Waals surface area contributed by atoms with Crippen molar-refractivity contribution in [3.8, 4) is 11.8 Å². The first-order valence-corrected chi connectivity index (χ1v) is 6.95. The third-order valence-electron chi connectivity index (χ3n) is 2.52. The second-order valence-electron chi connectivity index (χ2n) is 4.22. The average Bonchev–Trinajstić information content (AvgIpc) is 2.90. The Bertz CT molecular complexity index is 711. The van der Waals surface area contributed by atoms with Crippen molar-refractivity contribution in [3.05, 3.63) is 45.9 Å². The number of benzene rings is 1. The lowest BCUT2D eigenvalue weighted by Crippen LogP contribution is -2.09. The van der Waals surface area contributed by atoms with E-state index >= 15 is 0 Å². The van der Waals surface area contributed by atoms with Crippen LogP contribution in [0.1, 0.15) is 16.3 Å². The van der Waals surface area contributed by atoms with Crippen molar-refractivity contribution in [1.29, 1.82) is 5.26 Å². The number of aliphatic carboxylic acids is 1. The van der Waals surface area contributed by atoms with Crippen LogP contribution in [0.5, 0.6) is 5.75 Å². The summed E-state index contributed by atoms with van der Waals surface area (Å²) < 4.78 is 5.05. The molecule has 0 aliphatic heterocycles. The van der Waals surface area contributed by atoms with Crippen molar-refractivity contribution in [3.63, 3.8) is 0 Å². The largest absolute Gasteiger partial charge is 0.482 e. The smallest absolute Gasteiger partial charge is 0.341 e. The first-order chi connectivity index (χ1) is 10.1. The third kappa shape index (κ3) is 4.16. The van der Waals surface area contributed by atoms with Gasteiger partial charge in [0.15, 0.2) is 6.61 Å². The Morgan fingerprint density at radius 1 is 1.48 bits per heavy atom. The number of aromatic nitrogens is 1. The highest BCUT2D eigenvalue weighted by atomic mass is 32.1. The minimum atomic E-state index is -1.02. The molecule has 0 saturated heterocycles. The zero-order valence-electron chi connectivity index (χ0n) is 11.2. The van der Waals surface area contributed by atoms with E-state index in [1.165, 1.54) is 11.3 Å². The number of rotatable bonds is 5. The van der Waals surface area contributed by atoms with Gasteiger partial charge in [0.2, 0.25) is 0 Å². The van der Waals surface area contributed by atoms with Gasteiger partial charge in [-0.05, 0) is 30.7 Å². The number of carboxylic acid groups (broad SMARTS) is 1. The van der Waals surface area contributed by atoms with Gasteiger partial charge in [-0.15, -0.1) is 11.3 Å². The maximum atomic E-state index is 10.4. The minimum Gasteiger partial charge on any atom is -0.482 e. The molecule has 0 spiro atoms. The lowest BCUT2D eigenvalue weighted by atomic mass is 10.1. The fraction of sp³-hybridized carbons (Fsp3) is 0.133. The lowest BCUT2D eigenvalue weighted by molar-refractivity contribution is -0.139. The Kier molecular flexibility index (Phi) is 4.69. The first kappa shape index (κ1) is 14.8. The standard InChI is InChI=1S/C15H12N2O3S/c1-10-9-21-15(17-10)12(7-16)6-11-2-4-13(5-3-11)20-8-14(18)19/h2-6,9H,8H2,1H3,(H,18,19)/b12-6-. The molecule has 2 aromatic rings. The van der Waals surface area contributed by atoms with E-state index in [-0.39, 0.29) is 6.61 Å². The van der Waals surface area contributed by atoms with E-state index in [4.69, 9.17) is 9.84 Å². The summed E-state index contributed by atoms with van der Waals surface area (Å²) in [7, 11) is 0. The van der Waals surface area contributed by atoms with Crippen LogP contribution < -0.4 is 4.74 Å². The second-order valence-corrected chi connectivity index (χ2v) is 5.07. The SMILES string of the molecule is Cc1csc(/C(C#N)=C\c2ccc(OCC(=O)O)cc2)n1. The van der Waals surface area contributed by atoms with Crippen LogP contribution in [0.2, 0.25) is 0 Å². The number of carboxylic acids is 1. The number of nitrogens with zero attached hydrogens (tertiary/aromatic N) is 2. The molecule has 0 amide bonds. The number of allylic oxidation sites excluding steroid dienone is 1. The first-order valence-electron chi connectivity index (χ1n) is 6.07. The van der Waals surface area contributed by atoms with Gasteiger partial charge in [0.1, 0.15) is 16.8 Å². The molecule has 0 unspecified atom stereocenters. The van der Waals surface area contributed by atoms with Crippen molar-refractivity contribution >= 4 is 29.0 Å². The highest BCUT2D eigenvalue weighted by molar-refractivity contribution is 7.11. The molecule has 0 atom stereocenters. The van der Waals surface area contributed by atoms with Gasteiger partial charge in [-0.25, -0.2) is 9.78 Å². The highest BCUT2D eigenvalue weighted by Gasteiger charge is 2.06. The molecule has 21 heavy (non-hydrogen) atoms. The molecule has 5 nitrogen and oxygen atoms in total. The third-order valence-corrected chi connectivity index (χ3v) is 3.52. The van der Waals surface area contributed by atoms with Crippen molar-refractivity contribution in [2.45, 2.75) is 6.92 Å². The second kappa shape index (κ2) is 6.68. The molecule has 0 aliphatic rings. The summed E-state index contributed by atoms with van der Waals surface area (Å²) in [6, 6.07) is 8.98. The topological polar surface area (TPSA) is 83.2 Å². The van der Waals surface area contributed by atoms with Crippen LogP contribution in [0.15, 0.2) is 29.6 Å². The average molecular weight is 300 g/mol. The quantitative estimate of drug-likeness (QED) is 0.858. The van der Waals surface area contributed by atoms with E-state index < -0.39 is 5.97 Å². The van der Waals surface area contributed by atoms with Crippen LogP contribution >= 0.6 is 11.3 Å². The predicted molar refractivity (Wildman–Crippen MR) is 79.9 cm³/mol. The van der Waals surface area contributed by atoms with Gasteiger partial charge >= 0.3 is 5.97 Å². The Balaban J connectivity index is 2.16. The fourth-order valence-corrected chi connectivity index (χ4v) is 2.35. The van der Waals surface area contributed by atoms with E-state index in [2.05, 4.69) is 11.1 Å². The fourth-order valence-electron chi connectivity index (χ4n) is 1.59. The summed E-state index contributed by atoms with van der Waals surface area (Å²) in [5.41, 5.74) is 2.20. The van der Waals surface area contributed by atoms with Gasteiger partial charge in [-0.1, -0.05) is 12.1 Å². The van der Waals surface area contributed by atoms with E-state index in [9.17, 15) is 10.1 Å². The summed E-state index contributed by atoms with van der Waals surface area (Å²) in [4.78, 5) is 14.7. The van der Waals surface area contributed by atoms with Crippen LogP contribution in [-0.2, 0) is 4.79 Å². The van der Waals surface area contributed by atoms with Gasteiger partial charge in [-0.3, -0.25) is 0 Å². The predicted octanol–water partition coefficient (Wildman–Crippen LogP) is 2.98. The van der Waals surface area contributed by atoms with Crippen molar-refractivity contribution in [2.24, 2.45) is 0 Å². The van der Waals surface area contributed by atoms with Crippen LogP contribution in [0.4, 0.5) is 0 Å². The Morgan fingerprint density at radius 3 is 2.71 bits per heavy atom. The number of ether oxygens (including phenoxy) is 1. The Labute approximate surface area is 125 Å². The van der Waals surface area contributed by atoms with Crippen LogP contribution in [0, 0.1) is 18.3 Å². The molecular weight excluding hydrogens is 288 g/mol. The Hall–Kier alpha value is -2.65. The number of hydrogen-bond acceptors (Lipinski definition) is 5. The molecule has 2 rings (SSSR count). The number of carbonyl (C=O) groups is 1. The number of thiazole rings is 1. The summed E-state index contributed by atoms with van der Waals surface area (Å²) in [6.07, 6.45) is 1.74. The maximum absolute atomic E-state index is 10.4.